The fourth-order valence-electron chi connectivity index (χ4n) is 3.46. The largest absolute Gasteiger partial charge is 0.347 e. The maximum absolute atomic E-state index is 12.9. The van der Waals surface area contributed by atoms with Crippen molar-refractivity contribution in [2.24, 2.45) is 0 Å². The normalized spacial score (nSPS) is 19.8. The predicted molar refractivity (Wildman–Crippen MR) is 94.3 cm³/mol. The molecule has 0 bridgehead atoms. The second-order valence-electron chi connectivity index (χ2n) is 6.39. The third-order valence-corrected chi connectivity index (χ3v) is 6.06. The van der Waals surface area contributed by atoms with E-state index in [0.29, 0.717) is 26.3 Å². The molecule has 0 N–H and O–H groups in total. The van der Waals surface area contributed by atoms with Crippen LogP contribution in [0.15, 0.2) is 36.4 Å². The van der Waals surface area contributed by atoms with Crippen LogP contribution in [0.25, 0.3) is 10.4 Å². The van der Waals surface area contributed by atoms with Gasteiger partial charge in [0.05, 0.1) is 18.1 Å². The van der Waals surface area contributed by atoms with Crippen LogP contribution in [0, 0.1) is 6.92 Å². The van der Waals surface area contributed by atoms with Crippen molar-refractivity contribution in [1.29, 1.82) is 0 Å². The number of rotatable bonds is 2. The van der Waals surface area contributed by atoms with Crippen LogP contribution in [-0.4, -0.2) is 42.9 Å². The number of carbonyl (C=O) groups is 1. The first-order valence-corrected chi connectivity index (χ1v) is 9.22. The molecule has 0 radical (unpaired) electrons. The van der Waals surface area contributed by atoms with Gasteiger partial charge in [0.2, 0.25) is 0 Å². The van der Waals surface area contributed by atoms with Crippen LogP contribution in [-0.2, 0) is 9.47 Å². The van der Waals surface area contributed by atoms with Crippen LogP contribution >= 0.6 is 11.3 Å². The molecule has 0 atom stereocenters. The predicted octanol–water partition coefficient (Wildman–Crippen LogP) is 3.70. The second-order valence-corrected chi connectivity index (χ2v) is 7.44. The Morgan fingerprint density at radius 1 is 1.12 bits per heavy atom. The van der Waals surface area contributed by atoms with Gasteiger partial charge in [0.1, 0.15) is 0 Å². The monoisotopic (exact) mass is 343 g/mol. The van der Waals surface area contributed by atoms with Gasteiger partial charge >= 0.3 is 0 Å². The molecule has 24 heavy (non-hydrogen) atoms. The van der Waals surface area contributed by atoms with E-state index in [1.807, 2.05) is 29.2 Å². The minimum atomic E-state index is -0.433. The number of piperidine rings is 1. The van der Waals surface area contributed by atoms with Crippen molar-refractivity contribution >= 4 is 17.2 Å². The Morgan fingerprint density at radius 3 is 2.46 bits per heavy atom. The fraction of sp³-hybridized carbons (Fsp3) is 0.421. The Hall–Kier alpha value is -1.69. The highest BCUT2D eigenvalue weighted by molar-refractivity contribution is 7.17. The van der Waals surface area contributed by atoms with Gasteiger partial charge in [0.25, 0.3) is 5.91 Å². The molecule has 4 rings (SSSR count). The number of benzene rings is 1. The first-order chi connectivity index (χ1) is 11.7. The van der Waals surface area contributed by atoms with Crippen molar-refractivity contribution in [3.05, 3.63) is 46.8 Å². The van der Waals surface area contributed by atoms with E-state index in [4.69, 9.17) is 9.47 Å². The first kappa shape index (κ1) is 15.8. The SMILES string of the molecule is Cc1cc(C(=O)N2CCC3(CC2)OCCO3)sc1-c1ccccc1. The number of hydrogen-bond donors (Lipinski definition) is 0. The molecular formula is C19H21NO3S. The van der Waals surface area contributed by atoms with Gasteiger partial charge in [0, 0.05) is 30.8 Å². The number of aryl methyl sites for hydroxylation is 1. The average molecular weight is 343 g/mol. The quantitative estimate of drug-likeness (QED) is 0.834. The molecule has 2 saturated heterocycles. The van der Waals surface area contributed by atoms with Gasteiger partial charge in [-0.1, -0.05) is 30.3 Å². The van der Waals surface area contributed by atoms with E-state index in [1.54, 1.807) is 11.3 Å². The van der Waals surface area contributed by atoms with Crippen LogP contribution < -0.4 is 0 Å². The topological polar surface area (TPSA) is 38.8 Å². The molecular weight excluding hydrogens is 322 g/mol. The highest BCUT2D eigenvalue weighted by Gasteiger charge is 2.41. The van der Waals surface area contributed by atoms with E-state index in [1.165, 1.54) is 10.4 Å². The van der Waals surface area contributed by atoms with Crippen LogP contribution in [0.4, 0.5) is 0 Å². The van der Waals surface area contributed by atoms with Crippen molar-refractivity contribution < 1.29 is 14.3 Å². The van der Waals surface area contributed by atoms with Crippen LogP contribution in [0.3, 0.4) is 0 Å². The van der Waals surface area contributed by atoms with Crippen LogP contribution in [0.5, 0.6) is 0 Å². The number of amides is 1. The van der Waals surface area contributed by atoms with E-state index in [2.05, 4.69) is 19.1 Å². The zero-order valence-electron chi connectivity index (χ0n) is 13.8. The van der Waals surface area contributed by atoms with E-state index in [9.17, 15) is 4.79 Å². The molecule has 4 nitrogen and oxygen atoms in total. The molecule has 126 valence electrons. The summed E-state index contributed by atoms with van der Waals surface area (Å²) in [6.07, 6.45) is 1.52. The molecule has 1 spiro atoms. The van der Waals surface area contributed by atoms with E-state index in [0.717, 1.165) is 23.3 Å². The summed E-state index contributed by atoms with van der Waals surface area (Å²) in [6.45, 7) is 4.78. The Kier molecular flexibility index (Phi) is 4.16. The van der Waals surface area contributed by atoms with Gasteiger partial charge in [-0.25, -0.2) is 0 Å². The molecule has 1 amide bonds. The Balaban J connectivity index is 1.49. The third-order valence-electron chi connectivity index (χ3n) is 4.79. The van der Waals surface area contributed by atoms with Gasteiger partial charge in [0.15, 0.2) is 5.79 Å². The summed E-state index contributed by atoms with van der Waals surface area (Å²) in [6, 6.07) is 12.3. The second kappa shape index (κ2) is 6.31. The third kappa shape index (κ3) is 2.88. The van der Waals surface area contributed by atoms with Crippen molar-refractivity contribution in [2.75, 3.05) is 26.3 Å². The molecule has 0 aliphatic carbocycles. The van der Waals surface area contributed by atoms with Gasteiger partial charge in [-0.05, 0) is 24.1 Å². The number of carbonyl (C=O) groups excluding carboxylic acids is 1. The van der Waals surface area contributed by atoms with Gasteiger partial charge < -0.3 is 14.4 Å². The van der Waals surface area contributed by atoms with Gasteiger partial charge in [-0.15, -0.1) is 11.3 Å². The first-order valence-electron chi connectivity index (χ1n) is 8.40. The van der Waals surface area contributed by atoms with Crippen molar-refractivity contribution in [1.82, 2.24) is 4.90 Å². The molecule has 3 heterocycles. The maximum Gasteiger partial charge on any atom is 0.263 e. The molecule has 5 heteroatoms. The number of hydrogen-bond acceptors (Lipinski definition) is 4. The highest BCUT2D eigenvalue weighted by Crippen LogP contribution is 2.35. The highest BCUT2D eigenvalue weighted by atomic mass is 32.1. The Morgan fingerprint density at radius 2 is 1.79 bits per heavy atom. The molecule has 2 aliphatic rings. The summed E-state index contributed by atoms with van der Waals surface area (Å²) in [5.74, 6) is -0.310. The number of nitrogens with zero attached hydrogens (tertiary/aromatic N) is 1. The fourth-order valence-corrected chi connectivity index (χ4v) is 4.60. The summed E-state index contributed by atoms with van der Waals surface area (Å²) in [7, 11) is 0. The summed E-state index contributed by atoms with van der Waals surface area (Å²) >= 11 is 1.58. The molecule has 2 aliphatic heterocycles. The standard InChI is InChI=1S/C19H21NO3S/c1-14-13-16(24-17(14)15-5-3-2-4-6-15)18(21)20-9-7-19(8-10-20)22-11-12-23-19/h2-6,13H,7-12H2,1H3. The zero-order chi connectivity index (χ0) is 16.6. The number of likely N-dealkylation sites (tertiary alicyclic amines) is 1. The average Bonchev–Trinajstić information content (AvgIpc) is 3.23. The van der Waals surface area contributed by atoms with Crippen molar-refractivity contribution in [2.45, 2.75) is 25.6 Å². The molecule has 1 aromatic heterocycles. The molecule has 1 aromatic carbocycles. The lowest BCUT2D eigenvalue weighted by Crippen LogP contribution is -2.47. The summed E-state index contributed by atoms with van der Waals surface area (Å²) in [4.78, 5) is 16.8. The summed E-state index contributed by atoms with van der Waals surface area (Å²) in [5, 5.41) is 0. The lowest BCUT2D eigenvalue weighted by molar-refractivity contribution is -0.181. The number of thiophene rings is 1. The molecule has 2 fully saturated rings. The van der Waals surface area contributed by atoms with E-state index >= 15 is 0 Å². The zero-order valence-corrected chi connectivity index (χ0v) is 14.6. The summed E-state index contributed by atoms with van der Waals surface area (Å²) < 4.78 is 11.5. The molecule has 2 aromatic rings. The van der Waals surface area contributed by atoms with Crippen molar-refractivity contribution in [3.8, 4) is 10.4 Å². The van der Waals surface area contributed by atoms with Crippen molar-refractivity contribution in [3.63, 3.8) is 0 Å². The Bertz CT molecular complexity index is 724. The van der Waals surface area contributed by atoms with Gasteiger partial charge in [-0.2, -0.15) is 0 Å². The molecule has 0 unspecified atom stereocenters. The van der Waals surface area contributed by atoms with E-state index < -0.39 is 5.79 Å². The number of ether oxygens (including phenoxy) is 2. The maximum atomic E-state index is 12.9. The van der Waals surface area contributed by atoms with E-state index in [-0.39, 0.29) is 5.91 Å². The lowest BCUT2D eigenvalue weighted by Gasteiger charge is -2.37. The smallest absolute Gasteiger partial charge is 0.263 e. The van der Waals surface area contributed by atoms with Crippen LogP contribution in [0.1, 0.15) is 28.1 Å². The van der Waals surface area contributed by atoms with Gasteiger partial charge in [-0.3, -0.25) is 4.79 Å². The minimum absolute atomic E-state index is 0.123. The minimum Gasteiger partial charge on any atom is -0.347 e. The summed E-state index contributed by atoms with van der Waals surface area (Å²) in [5.41, 5.74) is 2.33. The Labute approximate surface area is 146 Å². The van der Waals surface area contributed by atoms with Crippen LogP contribution in [0.2, 0.25) is 0 Å². The molecule has 0 saturated carbocycles. The lowest BCUT2D eigenvalue weighted by atomic mass is 10.0.